The normalized spacial score (nSPS) is 28.5. The molecule has 2 N–H and O–H groups in total. The zero-order chi connectivity index (χ0) is 18.1. The van der Waals surface area contributed by atoms with Crippen LogP contribution in [-0.4, -0.2) is 36.0 Å². The third-order valence-corrected chi connectivity index (χ3v) is 5.17. The lowest BCUT2D eigenvalue weighted by atomic mass is 9.71. The van der Waals surface area contributed by atoms with Crippen LogP contribution in [0, 0.1) is 6.92 Å². The second kappa shape index (κ2) is 6.52. The van der Waals surface area contributed by atoms with Crippen LogP contribution in [0.15, 0.2) is 24.3 Å². The summed E-state index contributed by atoms with van der Waals surface area (Å²) in [5, 5.41) is 6.59. The molecule has 2 saturated heterocycles. The lowest BCUT2D eigenvalue weighted by Crippen LogP contribution is -2.64. The summed E-state index contributed by atoms with van der Waals surface area (Å²) in [6, 6.07) is 8.39. The van der Waals surface area contributed by atoms with Gasteiger partial charge in [0, 0.05) is 12.2 Å². The fourth-order valence-corrected chi connectivity index (χ4v) is 3.69. The number of carbonyl (C=O) groups excluding carboxylic acids is 1. The number of nitrogens with one attached hydrogen (secondary N) is 2. The van der Waals surface area contributed by atoms with E-state index in [1.165, 1.54) is 5.56 Å². The number of hydrogen-bond acceptors (Lipinski definition) is 4. The number of benzene rings is 1. The first kappa shape index (κ1) is 18.1. The molecule has 1 aromatic carbocycles. The number of alkyl carbamates (subject to hydrolysis) is 1. The number of hydrogen-bond donors (Lipinski definition) is 2. The number of fused-ring (bicyclic) bond motifs is 3. The Hall–Kier alpha value is -1.75. The molecule has 5 nitrogen and oxygen atoms in total. The summed E-state index contributed by atoms with van der Waals surface area (Å²) >= 11 is 0. The standard InChI is InChI=1S/C20H30N2O3/c1-15-6-5-7-16(12-15)21-13-20-10-8-19(9-11-20,14-24-20)22-17(23)25-18(2,3)4/h5-7,12,21H,8-11,13-14H2,1-4H3,(H,22,23). The highest BCUT2D eigenvalue weighted by molar-refractivity contribution is 5.69. The zero-order valence-electron chi connectivity index (χ0n) is 15.8. The van der Waals surface area contributed by atoms with Crippen molar-refractivity contribution in [1.29, 1.82) is 0 Å². The van der Waals surface area contributed by atoms with Crippen LogP contribution in [0.4, 0.5) is 10.5 Å². The molecule has 3 fully saturated rings. The molecular formula is C20H30N2O3. The molecule has 0 spiro atoms. The van der Waals surface area contributed by atoms with Crippen LogP contribution in [0.25, 0.3) is 0 Å². The van der Waals surface area contributed by atoms with Gasteiger partial charge in [-0.2, -0.15) is 0 Å². The number of amides is 1. The molecule has 1 amide bonds. The van der Waals surface area contributed by atoms with Crippen LogP contribution in [0.3, 0.4) is 0 Å². The maximum atomic E-state index is 12.1. The van der Waals surface area contributed by atoms with E-state index in [9.17, 15) is 4.79 Å². The average Bonchev–Trinajstić information content (AvgIpc) is 2.53. The van der Waals surface area contributed by atoms with Gasteiger partial charge < -0.3 is 20.1 Å². The minimum atomic E-state index is -0.480. The van der Waals surface area contributed by atoms with E-state index in [1.54, 1.807) is 0 Å². The van der Waals surface area contributed by atoms with Gasteiger partial charge in [0.25, 0.3) is 0 Å². The summed E-state index contributed by atoms with van der Waals surface area (Å²) in [4.78, 5) is 12.1. The molecule has 0 unspecified atom stereocenters. The third kappa shape index (κ3) is 4.46. The highest BCUT2D eigenvalue weighted by Gasteiger charge is 2.50. The number of aryl methyl sites for hydroxylation is 1. The predicted molar refractivity (Wildman–Crippen MR) is 98.9 cm³/mol. The van der Waals surface area contributed by atoms with E-state index in [4.69, 9.17) is 9.47 Å². The van der Waals surface area contributed by atoms with Gasteiger partial charge in [0.1, 0.15) is 5.60 Å². The summed E-state index contributed by atoms with van der Waals surface area (Å²) < 4.78 is 11.6. The molecule has 1 aliphatic carbocycles. The Balaban J connectivity index is 1.54. The van der Waals surface area contributed by atoms with Gasteiger partial charge in [-0.15, -0.1) is 0 Å². The van der Waals surface area contributed by atoms with Crippen molar-refractivity contribution in [3.63, 3.8) is 0 Å². The van der Waals surface area contributed by atoms with Gasteiger partial charge in [-0.25, -0.2) is 4.79 Å². The molecular weight excluding hydrogens is 316 g/mol. The summed E-state index contributed by atoms with van der Waals surface area (Å²) in [6.45, 7) is 9.10. The Labute approximate surface area is 150 Å². The maximum Gasteiger partial charge on any atom is 0.408 e. The van der Waals surface area contributed by atoms with Crippen LogP contribution in [0.5, 0.6) is 0 Å². The minimum absolute atomic E-state index is 0.124. The van der Waals surface area contributed by atoms with E-state index in [2.05, 4.69) is 41.8 Å². The van der Waals surface area contributed by atoms with E-state index in [0.717, 1.165) is 37.9 Å². The fourth-order valence-electron chi connectivity index (χ4n) is 3.69. The Bertz CT molecular complexity index is 612. The molecule has 138 valence electrons. The van der Waals surface area contributed by atoms with Gasteiger partial charge in [0.15, 0.2) is 0 Å². The number of anilines is 1. The van der Waals surface area contributed by atoms with Crippen molar-refractivity contribution >= 4 is 11.8 Å². The number of carbonyl (C=O) groups is 1. The molecule has 4 rings (SSSR count). The van der Waals surface area contributed by atoms with Crippen molar-refractivity contribution in [3.05, 3.63) is 29.8 Å². The van der Waals surface area contributed by atoms with Crippen molar-refractivity contribution in [2.75, 3.05) is 18.5 Å². The van der Waals surface area contributed by atoms with Crippen molar-refractivity contribution in [3.8, 4) is 0 Å². The Kier molecular flexibility index (Phi) is 4.71. The number of ether oxygens (including phenoxy) is 2. The summed E-state index contributed by atoms with van der Waals surface area (Å²) in [5.74, 6) is 0. The molecule has 3 aliphatic rings. The van der Waals surface area contributed by atoms with Crippen molar-refractivity contribution in [2.24, 2.45) is 0 Å². The van der Waals surface area contributed by atoms with Crippen LogP contribution in [0.1, 0.15) is 52.0 Å². The van der Waals surface area contributed by atoms with Gasteiger partial charge in [-0.3, -0.25) is 0 Å². The summed E-state index contributed by atoms with van der Waals surface area (Å²) in [6.07, 6.45) is 3.41. The minimum Gasteiger partial charge on any atom is -0.444 e. The zero-order valence-corrected chi connectivity index (χ0v) is 15.8. The predicted octanol–water partition coefficient (Wildman–Crippen LogP) is 4.01. The molecule has 0 aromatic heterocycles. The monoisotopic (exact) mass is 346 g/mol. The number of rotatable bonds is 4. The lowest BCUT2D eigenvalue weighted by Gasteiger charge is -2.53. The van der Waals surface area contributed by atoms with E-state index >= 15 is 0 Å². The second-order valence-corrected chi connectivity index (χ2v) is 8.60. The lowest BCUT2D eigenvalue weighted by molar-refractivity contribution is -0.153. The second-order valence-electron chi connectivity index (χ2n) is 8.60. The van der Waals surface area contributed by atoms with E-state index in [0.29, 0.717) is 6.61 Å². The van der Waals surface area contributed by atoms with Gasteiger partial charge in [-0.1, -0.05) is 12.1 Å². The van der Waals surface area contributed by atoms with Crippen LogP contribution >= 0.6 is 0 Å². The summed E-state index contributed by atoms with van der Waals surface area (Å²) in [5.41, 5.74) is 1.50. The van der Waals surface area contributed by atoms with E-state index in [-0.39, 0.29) is 17.2 Å². The molecule has 1 aromatic rings. The van der Waals surface area contributed by atoms with Crippen LogP contribution < -0.4 is 10.6 Å². The molecule has 1 saturated carbocycles. The molecule has 5 heteroatoms. The SMILES string of the molecule is Cc1cccc(NCC23CCC(NC(=O)OC(C)(C)C)(CC2)CO3)c1. The van der Waals surface area contributed by atoms with Gasteiger partial charge in [-0.05, 0) is 71.1 Å². The fraction of sp³-hybridized carbons (Fsp3) is 0.650. The topological polar surface area (TPSA) is 59.6 Å². The molecule has 2 bridgehead atoms. The van der Waals surface area contributed by atoms with E-state index in [1.807, 2.05) is 20.8 Å². The third-order valence-electron chi connectivity index (χ3n) is 5.17. The van der Waals surface area contributed by atoms with Gasteiger partial charge >= 0.3 is 6.09 Å². The summed E-state index contributed by atoms with van der Waals surface area (Å²) in [7, 11) is 0. The maximum absolute atomic E-state index is 12.1. The Morgan fingerprint density at radius 2 is 1.96 bits per heavy atom. The Morgan fingerprint density at radius 1 is 1.24 bits per heavy atom. The van der Waals surface area contributed by atoms with Gasteiger partial charge in [0.05, 0.1) is 17.7 Å². The molecule has 2 heterocycles. The smallest absolute Gasteiger partial charge is 0.408 e. The largest absolute Gasteiger partial charge is 0.444 e. The average molecular weight is 346 g/mol. The first-order chi connectivity index (χ1) is 11.7. The van der Waals surface area contributed by atoms with Crippen molar-refractivity contribution < 1.29 is 14.3 Å². The molecule has 0 atom stereocenters. The van der Waals surface area contributed by atoms with Gasteiger partial charge in [0.2, 0.25) is 0 Å². The highest BCUT2D eigenvalue weighted by Crippen LogP contribution is 2.43. The molecule has 2 aliphatic heterocycles. The first-order valence-electron chi connectivity index (χ1n) is 9.15. The molecule has 0 radical (unpaired) electrons. The van der Waals surface area contributed by atoms with E-state index < -0.39 is 5.60 Å². The Morgan fingerprint density at radius 3 is 2.52 bits per heavy atom. The van der Waals surface area contributed by atoms with Crippen LogP contribution in [-0.2, 0) is 9.47 Å². The quantitative estimate of drug-likeness (QED) is 0.865. The molecule has 25 heavy (non-hydrogen) atoms. The van der Waals surface area contributed by atoms with Crippen LogP contribution in [0.2, 0.25) is 0 Å². The highest BCUT2D eigenvalue weighted by atomic mass is 16.6. The first-order valence-corrected chi connectivity index (χ1v) is 9.15. The van der Waals surface area contributed by atoms with Crippen molar-refractivity contribution in [2.45, 2.75) is 70.1 Å². The van der Waals surface area contributed by atoms with Crippen molar-refractivity contribution in [1.82, 2.24) is 5.32 Å².